The predicted molar refractivity (Wildman–Crippen MR) is 93.8 cm³/mol. The monoisotopic (exact) mass is 295 g/mol. The van der Waals surface area contributed by atoms with Gasteiger partial charge in [-0.2, -0.15) is 0 Å². The van der Waals surface area contributed by atoms with Gasteiger partial charge in [0.2, 0.25) is 0 Å². The Morgan fingerprint density at radius 2 is 1.73 bits per heavy atom. The van der Waals surface area contributed by atoms with E-state index in [0.29, 0.717) is 5.75 Å². The molecule has 1 N–H and O–H groups in total. The van der Waals surface area contributed by atoms with E-state index < -0.39 is 0 Å². The maximum Gasteiger partial charge on any atom is 0.128 e. The quantitative estimate of drug-likeness (QED) is 0.603. The third-order valence-electron chi connectivity index (χ3n) is 3.74. The first-order valence-corrected chi connectivity index (χ1v) is 7.64. The molecule has 1 aliphatic carbocycles. The Hall–Kier alpha value is -2.05. The van der Waals surface area contributed by atoms with Crippen LogP contribution in [0.3, 0.4) is 0 Å². The molecule has 2 rings (SSSR count). The van der Waals surface area contributed by atoms with Gasteiger partial charge in [-0.05, 0) is 34.6 Å². The fraction of sp³-hybridized carbons (Fsp3) is 0.400. The molecule has 0 saturated carbocycles. The molecule has 1 aromatic rings. The Labute approximate surface area is 133 Å². The van der Waals surface area contributed by atoms with Crippen LogP contribution in [-0.2, 0) is 10.8 Å². The third-order valence-corrected chi connectivity index (χ3v) is 3.74. The summed E-state index contributed by atoms with van der Waals surface area (Å²) in [6, 6.07) is 4.14. The van der Waals surface area contributed by atoms with Gasteiger partial charge in [0.1, 0.15) is 11.4 Å². The third kappa shape index (κ3) is 3.58. The molecule has 0 atom stereocenters. The van der Waals surface area contributed by atoms with E-state index in [1.165, 1.54) is 5.56 Å². The molecule has 0 spiro atoms. The first-order chi connectivity index (χ1) is 10.1. The van der Waals surface area contributed by atoms with Gasteiger partial charge >= 0.3 is 0 Å². The molecule has 0 aromatic heterocycles. The summed E-state index contributed by atoms with van der Waals surface area (Å²) in [6.45, 7) is 12.9. The molecule has 1 aliphatic rings. The number of aromatic hydroxyl groups is 1. The van der Waals surface area contributed by atoms with Crippen molar-refractivity contribution in [3.8, 4) is 5.75 Å². The fourth-order valence-electron chi connectivity index (χ4n) is 2.30. The lowest BCUT2D eigenvalue weighted by Crippen LogP contribution is -2.17. The Kier molecular flexibility index (Phi) is 4.17. The van der Waals surface area contributed by atoms with Crippen molar-refractivity contribution >= 4 is 6.21 Å². The van der Waals surface area contributed by atoms with Crippen molar-refractivity contribution in [3.63, 3.8) is 0 Å². The van der Waals surface area contributed by atoms with Crippen LogP contribution in [0.5, 0.6) is 5.75 Å². The number of benzene rings is 1. The number of aliphatic imine (C=N–C) groups is 1. The highest BCUT2D eigenvalue weighted by Gasteiger charge is 2.24. The molecular weight excluding hydrogens is 270 g/mol. The summed E-state index contributed by atoms with van der Waals surface area (Å²) in [7, 11) is 0. The van der Waals surface area contributed by atoms with Crippen molar-refractivity contribution in [2.24, 2.45) is 4.99 Å². The highest BCUT2D eigenvalue weighted by atomic mass is 16.3. The van der Waals surface area contributed by atoms with Gasteiger partial charge in [-0.25, -0.2) is 4.99 Å². The molecule has 22 heavy (non-hydrogen) atoms. The Bertz CT molecular complexity index is 700. The molecule has 2 nitrogen and oxygen atoms in total. The number of phenolic OH excluding ortho intramolecular Hbond substituents is 1. The Morgan fingerprint density at radius 3 is 2.23 bits per heavy atom. The topological polar surface area (TPSA) is 32.6 Å². The van der Waals surface area contributed by atoms with Crippen LogP contribution in [0, 0.1) is 0 Å². The number of allylic oxidation sites excluding steroid dienone is 2. The maximum absolute atomic E-state index is 10.6. The molecule has 0 heterocycles. The van der Waals surface area contributed by atoms with E-state index in [1.54, 1.807) is 6.21 Å². The Morgan fingerprint density at radius 1 is 1.05 bits per heavy atom. The van der Waals surface area contributed by atoms with E-state index >= 15 is 0 Å². The average Bonchev–Trinajstić information content (AvgIpc) is 2.87. The van der Waals surface area contributed by atoms with Crippen molar-refractivity contribution in [1.29, 1.82) is 0 Å². The molecule has 0 unspecified atom stereocenters. The van der Waals surface area contributed by atoms with Crippen molar-refractivity contribution in [1.82, 2.24) is 0 Å². The lowest BCUT2D eigenvalue weighted by molar-refractivity contribution is 0.444. The molecule has 0 saturated heterocycles. The smallest absolute Gasteiger partial charge is 0.128 e. The summed E-state index contributed by atoms with van der Waals surface area (Å²) in [5.41, 5.74) is 6.61. The second-order valence-corrected chi connectivity index (χ2v) is 7.78. The van der Waals surface area contributed by atoms with Crippen LogP contribution >= 0.6 is 0 Å². The van der Waals surface area contributed by atoms with Crippen molar-refractivity contribution in [2.75, 3.05) is 0 Å². The van der Waals surface area contributed by atoms with E-state index in [9.17, 15) is 5.11 Å². The zero-order chi connectivity index (χ0) is 16.5. The van der Waals surface area contributed by atoms with Crippen molar-refractivity contribution < 1.29 is 5.11 Å². The molecule has 0 fully saturated rings. The lowest BCUT2D eigenvalue weighted by Gasteiger charge is -2.26. The highest BCUT2D eigenvalue weighted by molar-refractivity contribution is 5.86. The van der Waals surface area contributed by atoms with E-state index in [4.69, 9.17) is 0 Å². The van der Waals surface area contributed by atoms with Crippen LogP contribution < -0.4 is 0 Å². The number of rotatable bonds is 2. The zero-order valence-corrected chi connectivity index (χ0v) is 14.4. The summed E-state index contributed by atoms with van der Waals surface area (Å²) in [4.78, 5) is 4.40. The predicted octanol–water partition coefficient (Wildman–Crippen LogP) is 5.01. The first kappa shape index (κ1) is 16.3. The van der Waals surface area contributed by atoms with Gasteiger partial charge in [-0.1, -0.05) is 59.4 Å². The Balaban J connectivity index is 2.57. The minimum atomic E-state index is -0.125. The minimum absolute atomic E-state index is 0.0166. The highest BCUT2D eigenvalue weighted by Crippen LogP contribution is 2.37. The molecular formula is C20H25NO. The molecule has 0 bridgehead atoms. The second kappa shape index (κ2) is 5.62. The lowest BCUT2D eigenvalue weighted by atomic mass is 9.79. The summed E-state index contributed by atoms with van der Waals surface area (Å²) in [5, 5.41) is 10.6. The van der Waals surface area contributed by atoms with Crippen LogP contribution in [0.2, 0.25) is 0 Å². The molecule has 2 heteroatoms. The van der Waals surface area contributed by atoms with Gasteiger partial charge in [0.25, 0.3) is 0 Å². The van der Waals surface area contributed by atoms with Crippen LogP contribution in [0.4, 0.5) is 0 Å². The molecule has 0 amide bonds. The second-order valence-electron chi connectivity index (χ2n) is 7.78. The number of nitrogens with zero attached hydrogens (tertiary/aromatic N) is 1. The molecule has 1 aromatic carbocycles. The van der Waals surface area contributed by atoms with Gasteiger partial charge in [0, 0.05) is 17.3 Å². The summed E-state index contributed by atoms with van der Waals surface area (Å²) in [5.74, 6) is 0.316. The molecule has 0 radical (unpaired) electrons. The van der Waals surface area contributed by atoms with E-state index in [0.717, 1.165) is 16.8 Å². The van der Waals surface area contributed by atoms with E-state index in [1.807, 2.05) is 24.3 Å². The number of hydrogen-bond donors (Lipinski definition) is 1. The summed E-state index contributed by atoms with van der Waals surface area (Å²) in [6.07, 6.45) is 7.36. The van der Waals surface area contributed by atoms with Crippen LogP contribution in [0.15, 0.2) is 46.8 Å². The number of hydrogen-bond acceptors (Lipinski definition) is 2. The van der Waals surface area contributed by atoms with Gasteiger partial charge in [-0.15, -0.1) is 0 Å². The standard InChI is InChI=1S/C20H25NO/c1-19(2,3)15-11-14(13-21-16-9-7-8-10-16)18(22)17(12-15)20(4,5)6/h7-9,11-13,22H,1-6H3. The average molecular weight is 295 g/mol. The normalized spacial score (nSPS) is 14.9. The first-order valence-electron chi connectivity index (χ1n) is 7.64. The van der Waals surface area contributed by atoms with E-state index in [-0.39, 0.29) is 10.8 Å². The van der Waals surface area contributed by atoms with Crippen LogP contribution in [0.25, 0.3) is 0 Å². The van der Waals surface area contributed by atoms with Crippen LogP contribution in [0.1, 0.15) is 58.2 Å². The summed E-state index contributed by atoms with van der Waals surface area (Å²) >= 11 is 0. The number of phenols is 1. The van der Waals surface area contributed by atoms with E-state index in [2.05, 4.69) is 58.3 Å². The molecule has 116 valence electrons. The molecule has 0 aliphatic heterocycles. The van der Waals surface area contributed by atoms with Crippen molar-refractivity contribution in [3.05, 3.63) is 58.5 Å². The van der Waals surface area contributed by atoms with Gasteiger partial charge < -0.3 is 5.11 Å². The van der Waals surface area contributed by atoms with Gasteiger partial charge in [-0.3, -0.25) is 0 Å². The zero-order valence-electron chi connectivity index (χ0n) is 14.4. The minimum Gasteiger partial charge on any atom is -0.507 e. The SMILES string of the molecule is CC(C)(C)c1cc(C=NC2=C=CC=C2)c(O)c(C(C)(C)C)c1. The fourth-order valence-corrected chi connectivity index (χ4v) is 2.30. The van der Waals surface area contributed by atoms with Crippen LogP contribution in [-0.4, -0.2) is 11.3 Å². The maximum atomic E-state index is 10.6. The van der Waals surface area contributed by atoms with Gasteiger partial charge in [0.05, 0.1) is 0 Å². The van der Waals surface area contributed by atoms with Crippen molar-refractivity contribution in [2.45, 2.75) is 52.4 Å². The van der Waals surface area contributed by atoms with Gasteiger partial charge in [0.15, 0.2) is 0 Å². The summed E-state index contributed by atoms with van der Waals surface area (Å²) < 4.78 is 0. The largest absolute Gasteiger partial charge is 0.507 e.